The SMILES string of the molecule is CC(C)(O)c1cc2nn([C@H]3CC[C@H](C4CCN(C5CCN(c6cc(F)c([C@H]7CCC(=O)NC7=O)c(F)c6)CC5)CC4)CC3)cc2cc1NC(=O)c1ccc2cc(C#N)cnn12. The number of carbonyl (C=O) groups excluding carboxylic acids is 3. The molecule has 0 spiro atoms. The van der Waals surface area contributed by atoms with E-state index in [-0.39, 0.29) is 30.4 Å². The molecule has 3 N–H and O–H groups in total. The smallest absolute Gasteiger partial charge is 0.274 e. The highest BCUT2D eigenvalue weighted by Gasteiger charge is 2.36. The Balaban J connectivity index is 0.778. The number of fused-ring (bicyclic) bond motifs is 2. The number of amides is 3. The topological polar surface area (TPSA) is 161 Å². The maximum Gasteiger partial charge on any atom is 0.274 e. The van der Waals surface area contributed by atoms with Crippen molar-refractivity contribution >= 4 is 45.5 Å². The molecular weight excluding hydrogens is 781 g/mol. The summed E-state index contributed by atoms with van der Waals surface area (Å²) in [5.74, 6) is -2.56. The van der Waals surface area contributed by atoms with Crippen LogP contribution in [0.4, 0.5) is 20.2 Å². The normalized spacial score (nSPS) is 22.4. The minimum Gasteiger partial charge on any atom is -0.386 e. The van der Waals surface area contributed by atoms with Gasteiger partial charge in [-0.1, -0.05) is 0 Å². The Morgan fingerprint density at radius 1 is 0.902 bits per heavy atom. The van der Waals surface area contributed by atoms with E-state index in [1.807, 2.05) is 17.0 Å². The highest BCUT2D eigenvalue weighted by Crippen LogP contribution is 2.41. The minimum atomic E-state index is -1.25. The molecule has 9 rings (SSSR count). The summed E-state index contributed by atoms with van der Waals surface area (Å²) in [6.07, 6.45) is 12.2. The Kier molecular flexibility index (Phi) is 10.9. The van der Waals surface area contributed by atoms with Gasteiger partial charge in [-0.15, -0.1) is 0 Å². The molecule has 318 valence electrons. The molecular formula is C46H51F2N9O4. The van der Waals surface area contributed by atoms with Crippen LogP contribution in [0.25, 0.3) is 16.4 Å². The fourth-order valence-electron chi connectivity index (χ4n) is 10.4. The predicted octanol–water partition coefficient (Wildman–Crippen LogP) is 6.95. The Bertz CT molecular complexity index is 2530. The molecule has 5 aromatic rings. The largest absolute Gasteiger partial charge is 0.386 e. The Labute approximate surface area is 352 Å². The molecule has 4 aliphatic rings. The van der Waals surface area contributed by atoms with Crippen LogP contribution in [-0.4, -0.2) is 79.3 Å². The number of halogens is 2. The number of nitrogens with zero attached hydrogens (tertiary/aromatic N) is 7. The molecule has 0 radical (unpaired) electrons. The van der Waals surface area contributed by atoms with Crippen LogP contribution in [0, 0.1) is 34.8 Å². The van der Waals surface area contributed by atoms with Gasteiger partial charge in [0.2, 0.25) is 11.8 Å². The van der Waals surface area contributed by atoms with Crippen LogP contribution in [-0.2, 0) is 15.2 Å². The number of rotatable bonds is 8. The van der Waals surface area contributed by atoms with Crippen molar-refractivity contribution in [2.45, 2.75) is 102 Å². The van der Waals surface area contributed by atoms with E-state index in [1.54, 1.807) is 32.0 Å². The van der Waals surface area contributed by atoms with Gasteiger partial charge in [0.1, 0.15) is 23.4 Å². The minimum absolute atomic E-state index is 0.0636. The number of nitrogens with one attached hydrogen (secondary N) is 2. The molecule has 15 heteroatoms. The second-order valence-electron chi connectivity index (χ2n) is 18.0. The van der Waals surface area contributed by atoms with Crippen LogP contribution in [0.5, 0.6) is 0 Å². The zero-order valence-electron chi connectivity index (χ0n) is 34.5. The van der Waals surface area contributed by atoms with Crippen LogP contribution in [0.1, 0.15) is 117 Å². The Morgan fingerprint density at radius 2 is 1.61 bits per heavy atom. The lowest BCUT2D eigenvalue weighted by Crippen LogP contribution is -2.48. The van der Waals surface area contributed by atoms with Gasteiger partial charge in [0.15, 0.2) is 0 Å². The third-order valence-corrected chi connectivity index (χ3v) is 13.8. The van der Waals surface area contributed by atoms with Gasteiger partial charge >= 0.3 is 0 Å². The van der Waals surface area contributed by atoms with Crippen molar-refractivity contribution in [3.05, 3.63) is 88.9 Å². The van der Waals surface area contributed by atoms with Crippen molar-refractivity contribution in [2.75, 3.05) is 36.4 Å². The van der Waals surface area contributed by atoms with E-state index in [1.165, 1.54) is 35.7 Å². The number of hydrogen-bond acceptors (Lipinski definition) is 9. The van der Waals surface area contributed by atoms with Crippen molar-refractivity contribution in [3.8, 4) is 6.07 Å². The maximum absolute atomic E-state index is 15.2. The average molecular weight is 832 g/mol. The van der Waals surface area contributed by atoms with Gasteiger partial charge in [-0.05, 0) is 139 Å². The molecule has 0 unspecified atom stereocenters. The van der Waals surface area contributed by atoms with Crippen molar-refractivity contribution in [1.82, 2.24) is 29.6 Å². The summed E-state index contributed by atoms with van der Waals surface area (Å²) in [5, 5.41) is 35.7. The zero-order valence-corrected chi connectivity index (χ0v) is 34.5. The fraction of sp³-hybridized carbons (Fsp3) is 0.478. The van der Waals surface area contributed by atoms with Crippen LogP contribution < -0.4 is 15.5 Å². The molecule has 1 atom stereocenters. The monoisotopic (exact) mass is 831 g/mol. The average Bonchev–Trinajstić information content (AvgIpc) is 3.88. The van der Waals surface area contributed by atoms with Crippen molar-refractivity contribution < 1.29 is 28.3 Å². The van der Waals surface area contributed by atoms with Gasteiger partial charge < -0.3 is 20.2 Å². The van der Waals surface area contributed by atoms with Crippen molar-refractivity contribution in [2.24, 2.45) is 11.8 Å². The lowest BCUT2D eigenvalue weighted by Gasteiger charge is -2.44. The van der Waals surface area contributed by atoms with E-state index < -0.39 is 35.0 Å². The first-order valence-electron chi connectivity index (χ1n) is 21.6. The number of hydrogen-bond donors (Lipinski definition) is 3. The number of carbonyl (C=O) groups is 3. The number of likely N-dealkylation sites (tertiary alicyclic amines) is 1. The van der Waals surface area contributed by atoms with Crippen LogP contribution in [0.3, 0.4) is 0 Å². The van der Waals surface area contributed by atoms with E-state index in [0.717, 1.165) is 62.5 Å². The molecule has 3 aliphatic heterocycles. The van der Waals surface area contributed by atoms with E-state index in [0.29, 0.717) is 64.7 Å². The summed E-state index contributed by atoms with van der Waals surface area (Å²) >= 11 is 0. The molecule has 2 aromatic carbocycles. The molecule has 1 saturated carbocycles. The van der Waals surface area contributed by atoms with E-state index >= 15 is 8.78 Å². The van der Waals surface area contributed by atoms with Crippen LogP contribution >= 0.6 is 0 Å². The summed E-state index contributed by atoms with van der Waals surface area (Å²) in [4.78, 5) is 42.0. The number of anilines is 2. The fourth-order valence-corrected chi connectivity index (χ4v) is 10.4. The quantitative estimate of drug-likeness (QED) is 0.141. The summed E-state index contributed by atoms with van der Waals surface area (Å²) in [6.45, 7) is 6.91. The molecule has 0 bridgehead atoms. The summed E-state index contributed by atoms with van der Waals surface area (Å²) in [7, 11) is 0. The van der Waals surface area contributed by atoms with Gasteiger partial charge in [0.25, 0.3) is 5.91 Å². The number of imide groups is 1. The standard InChI is InChI=1S/C46H51F2N9O4/c1-46(2,61)36-23-39-30(20-40(36)51-45(60)41-9-7-33-19-27(24-49)25-50-57(33)41)26-56(53-39)32-5-3-28(4-6-32)29-11-15-54(16-12-29)31-13-17-55(18-14-31)34-21-37(47)43(38(48)22-34)35-8-10-42(58)52-44(35)59/h7,9,19-23,25-26,28-29,31-32,35,61H,3-6,8,10-18H2,1-2H3,(H,51,60)(H,52,58,59)/t28-,32-,35-/m1/s1. The van der Waals surface area contributed by atoms with Crippen molar-refractivity contribution in [3.63, 3.8) is 0 Å². The van der Waals surface area contributed by atoms with Gasteiger partial charge in [-0.25, -0.2) is 13.3 Å². The molecule has 1 aliphatic carbocycles. The van der Waals surface area contributed by atoms with E-state index in [2.05, 4.69) is 37.6 Å². The van der Waals surface area contributed by atoms with Crippen molar-refractivity contribution in [1.29, 1.82) is 5.26 Å². The molecule has 3 aromatic heterocycles. The zero-order chi connectivity index (χ0) is 42.6. The number of nitriles is 1. The number of aliphatic hydroxyl groups is 1. The molecule has 61 heavy (non-hydrogen) atoms. The Morgan fingerprint density at radius 3 is 2.28 bits per heavy atom. The lowest BCUT2D eigenvalue weighted by molar-refractivity contribution is -0.134. The Hall–Kier alpha value is -5.72. The van der Waals surface area contributed by atoms with Crippen LogP contribution in [0.15, 0.2) is 54.9 Å². The molecule has 13 nitrogen and oxygen atoms in total. The molecule has 3 amide bonds. The first-order chi connectivity index (χ1) is 29.3. The van der Waals surface area contributed by atoms with E-state index in [4.69, 9.17) is 5.10 Å². The number of benzene rings is 2. The second kappa shape index (κ2) is 16.3. The molecule has 6 heterocycles. The summed E-state index contributed by atoms with van der Waals surface area (Å²) < 4.78 is 34.1. The lowest BCUT2D eigenvalue weighted by atomic mass is 9.74. The third kappa shape index (κ3) is 8.11. The molecule has 3 saturated heterocycles. The van der Waals surface area contributed by atoms with Crippen LogP contribution in [0.2, 0.25) is 0 Å². The van der Waals surface area contributed by atoms with Gasteiger partial charge in [-0.3, -0.25) is 24.4 Å². The highest BCUT2D eigenvalue weighted by atomic mass is 19.1. The summed E-state index contributed by atoms with van der Waals surface area (Å²) in [6, 6.07) is 14.3. The highest BCUT2D eigenvalue weighted by molar-refractivity contribution is 6.05. The van der Waals surface area contributed by atoms with E-state index in [9.17, 15) is 24.8 Å². The third-order valence-electron chi connectivity index (χ3n) is 13.8. The maximum atomic E-state index is 15.2. The second-order valence-corrected chi connectivity index (χ2v) is 18.0. The predicted molar refractivity (Wildman–Crippen MR) is 225 cm³/mol. The van der Waals surface area contributed by atoms with Gasteiger partial charge in [-0.2, -0.15) is 15.5 Å². The number of aromatic nitrogens is 4. The first kappa shape index (κ1) is 40.7. The van der Waals surface area contributed by atoms with Gasteiger partial charge in [0, 0.05) is 59.6 Å². The number of piperidine rings is 3. The van der Waals surface area contributed by atoms with Gasteiger partial charge in [0.05, 0.1) is 40.4 Å². The summed E-state index contributed by atoms with van der Waals surface area (Å²) in [5.41, 5.74) is 2.16. The molecule has 4 fully saturated rings. The first-order valence-corrected chi connectivity index (χ1v) is 21.6.